The lowest BCUT2D eigenvalue weighted by molar-refractivity contribution is -0.0122. The van der Waals surface area contributed by atoms with Gasteiger partial charge in [-0.1, -0.05) is 0 Å². The summed E-state index contributed by atoms with van der Waals surface area (Å²) in [5.41, 5.74) is 6.72. The van der Waals surface area contributed by atoms with E-state index in [1.54, 1.807) is 7.11 Å². The summed E-state index contributed by atoms with van der Waals surface area (Å²) in [4.78, 5) is 15.1. The van der Waals surface area contributed by atoms with Gasteiger partial charge in [-0.15, -0.1) is 11.3 Å². The predicted octanol–water partition coefficient (Wildman–Crippen LogP) is 2.35. The molecule has 0 bridgehead atoms. The van der Waals surface area contributed by atoms with Crippen molar-refractivity contribution in [1.82, 2.24) is 4.90 Å². The number of anilines is 1. The average Bonchev–Trinajstić information content (AvgIpc) is 2.83. The van der Waals surface area contributed by atoms with Crippen molar-refractivity contribution in [1.29, 1.82) is 0 Å². The topological polar surface area (TPSA) is 64.8 Å². The van der Waals surface area contributed by atoms with Gasteiger partial charge in [0.25, 0.3) is 5.91 Å². The number of morpholine rings is 1. The minimum Gasteiger partial charge on any atom is -0.497 e. The predicted molar refractivity (Wildman–Crippen MR) is 84.1 cm³/mol. The SMILES string of the molecule is COc1ccc2c(N)c(C(=O)N3CCOC(C)C3)sc2c1. The first-order chi connectivity index (χ1) is 10.1. The summed E-state index contributed by atoms with van der Waals surface area (Å²) < 4.78 is 11.7. The van der Waals surface area contributed by atoms with Crippen molar-refractivity contribution in [3.05, 3.63) is 23.1 Å². The standard InChI is InChI=1S/C15H18N2O3S/c1-9-8-17(5-6-20-9)15(18)14-13(16)11-4-3-10(19-2)7-12(11)21-14/h3-4,7,9H,5-6,8,16H2,1-2H3. The summed E-state index contributed by atoms with van der Waals surface area (Å²) in [5.74, 6) is 0.755. The smallest absolute Gasteiger partial charge is 0.266 e. The molecule has 1 aliphatic rings. The van der Waals surface area contributed by atoms with Crippen LogP contribution in [0.1, 0.15) is 16.6 Å². The zero-order valence-electron chi connectivity index (χ0n) is 12.1. The lowest BCUT2D eigenvalue weighted by Crippen LogP contribution is -2.44. The van der Waals surface area contributed by atoms with Gasteiger partial charge in [-0.3, -0.25) is 4.79 Å². The summed E-state index contributed by atoms with van der Waals surface area (Å²) in [6.45, 7) is 3.76. The van der Waals surface area contributed by atoms with Gasteiger partial charge in [0.1, 0.15) is 10.6 Å². The molecule has 5 nitrogen and oxygen atoms in total. The van der Waals surface area contributed by atoms with Crippen LogP contribution in [0.25, 0.3) is 10.1 Å². The molecule has 0 radical (unpaired) electrons. The molecule has 1 fully saturated rings. The Labute approximate surface area is 127 Å². The minimum absolute atomic E-state index is 0.0113. The summed E-state index contributed by atoms with van der Waals surface area (Å²) >= 11 is 1.42. The van der Waals surface area contributed by atoms with Gasteiger partial charge >= 0.3 is 0 Å². The number of methoxy groups -OCH3 is 1. The highest BCUT2D eigenvalue weighted by Crippen LogP contribution is 2.36. The Morgan fingerprint density at radius 2 is 2.33 bits per heavy atom. The Balaban J connectivity index is 1.96. The molecule has 1 amide bonds. The van der Waals surface area contributed by atoms with Crippen LogP contribution in [0.3, 0.4) is 0 Å². The van der Waals surface area contributed by atoms with Crippen LogP contribution in [-0.2, 0) is 4.74 Å². The van der Waals surface area contributed by atoms with E-state index in [0.29, 0.717) is 30.3 Å². The molecule has 0 aliphatic carbocycles. The number of thiophene rings is 1. The monoisotopic (exact) mass is 306 g/mol. The van der Waals surface area contributed by atoms with Crippen LogP contribution in [0.4, 0.5) is 5.69 Å². The Hall–Kier alpha value is -1.79. The molecule has 0 saturated carbocycles. The van der Waals surface area contributed by atoms with E-state index in [1.165, 1.54) is 11.3 Å². The molecule has 3 rings (SSSR count). The van der Waals surface area contributed by atoms with E-state index in [1.807, 2.05) is 30.0 Å². The fourth-order valence-corrected chi connectivity index (χ4v) is 3.65. The molecule has 1 saturated heterocycles. The maximum Gasteiger partial charge on any atom is 0.266 e. The number of nitrogen functional groups attached to an aromatic ring is 1. The molecule has 1 atom stereocenters. The average molecular weight is 306 g/mol. The molecule has 1 aromatic carbocycles. The van der Waals surface area contributed by atoms with E-state index in [4.69, 9.17) is 15.2 Å². The first-order valence-corrected chi connectivity index (χ1v) is 7.68. The molecule has 1 aromatic heterocycles. The largest absolute Gasteiger partial charge is 0.497 e. The number of hydrogen-bond acceptors (Lipinski definition) is 5. The molecule has 112 valence electrons. The molecule has 2 N–H and O–H groups in total. The van der Waals surface area contributed by atoms with Gasteiger partial charge in [0.05, 0.1) is 25.5 Å². The van der Waals surface area contributed by atoms with Gasteiger partial charge in [-0.05, 0) is 25.1 Å². The highest BCUT2D eigenvalue weighted by molar-refractivity contribution is 7.21. The van der Waals surface area contributed by atoms with Crippen LogP contribution in [0.5, 0.6) is 5.75 Å². The third-order valence-electron chi connectivity index (χ3n) is 3.66. The Kier molecular flexibility index (Phi) is 3.73. The van der Waals surface area contributed by atoms with Crippen LogP contribution in [0, 0.1) is 0 Å². The lowest BCUT2D eigenvalue weighted by Gasteiger charge is -2.30. The van der Waals surface area contributed by atoms with Crippen molar-refractivity contribution in [2.24, 2.45) is 0 Å². The minimum atomic E-state index is -0.0113. The number of carbonyl (C=O) groups excluding carboxylic acids is 1. The van der Waals surface area contributed by atoms with Crippen molar-refractivity contribution < 1.29 is 14.3 Å². The van der Waals surface area contributed by atoms with Crippen LogP contribution in [-0.4, -0.2) is 43.7 Å². The maximum absolute atomic E-state index is 12.7. The normalized spacial score (nSPS) is 19.0. The second-order valence-corrected chi connectivity index (χ2v) is 6.19. The molecular formula is C15H18N2O3S. The van der Waals surface area contributed by atoms with Gasteiger partial charge in [-0.2, -0.15) is 0 Å². The van der Waals surface area contributed by atoms with Gasteiger partial charge in [0, 0.05) is 23.2 Å². The first kappa shape index (κ1) is 14.2. The quantitative estimate of drug-likeness (QED) is 0.925. The summed E-state index contributed by atoms with van der Waals surface area (Å²) in [7, 11) is 1.62. The number of fused-ring (bicyclic) bond motifs is 1. The van der Waals surface area contributed by atoms with Gasteiger partial charge in [-0.25, -0.2) is 0 Å². The van der Waals surface area contributed by atoms with Gasteiger partial charge in [0.2, 0.25) is 0 Å². The molecule has 2 heterocycles. The molecule has 1 aliphatic heterocycles. The van der Waals surface area contributed by atoms with E-state index in [0.717, 1.165) is 15.8 Å². The van der Waals surface area contributed by atoms with Crippen molar-refractivity contribution in [3.8, 4) is 5.75 Å². The molecular weight excluding hydrogens is 288 g/mol. The highest BCUT2D eigenvalue weighted by atomic mass is 32.1. The number of nitrogens with zero attached hydrogens (tertiary/aromatic N) is 1. The van der Waals surface area contributed by atoms with Crippen LogP contribution < -0.4 is 10.5 Å². The van der Waals surface area contributed by atoms with Crippen molar-refractivity contribution in [3.63, 3.8) is 0 Å². The molecule has 1 unspecified atom stereocenters. The summed E-state index contributed by atoms with van der Waals surface area (Å²) in [6, 6.07) is 5.67. The molecule has 6 heteroatoms. The number of carbonyl (C=O) groups is 1. The Morgan fingerprint density at radius 1 is 1.52 bits per heavy atom. The van der Waals surface area contributed by atoms with Crippen molar-refractivity contribution in [2.45, 2.75) is 13.0 Å². The molecule has 2 aromatic rings. The lowest BCUT2D eigenvalue weighted by atomic mass is 10.2. The molecule has 0 spiro atoms. The maximum atomic E-state index is 12.7. The number of hydrogen-bond donors (Lipinski definition) is 1. The first-order valence-electron chi connectivity index (χ1n) is 6.87. The number of nitrogens with two attached hydrogens (primary N) is 1. The van der Waals surface area contributed by atoms with Crippen molar-refractivity contribution in [2.75, 3.05) is 32.5 Å². The van der Waals surface area contributed by atoms with Gasteiger partial charge < -0.3 is 20.1 Å². The van der Waals surface area contributed by atoms with E-state index in [2.05, 4.69) is 0 Å². The Bertz CT molecular complexity index is 683. The Morgan fingerprint density at radius 3 is 3.05 bits per heavy atom. The fraction of sp³-hybridized carbons (Fsp3) is 0.400. The van der Waals surface area contributed by atoms with E-state index in [9.17, 15) is 4.79 Å². The number of rotatable bonds is 2. The van der Waals surface area contributed by atoms with Gasteiger partial charge in [0.15, 0.2) is 0 Å². The number of amides is 1. The van der Waals surface area contributed by atoms with Crippen LogP contribution >= 0.6 is 11.3 Å². The zero-order valence-corrected chi connectivity index (χ0v) is 12.9. The second-order valence-electron chi connectivity index (χ2n) is 5.14. The third-order valence-corrected chi connectivity index (χ3v) is 4.81. The zero-order chi connectivity index (χ0) is 15.0. The number of ether oxygens (including phenoxy) is 2. The third kappa shape index (κ3) is 2.56. The van der Waals surface area contributed by atoms with E-state index >= 15 is 0 Å². The number of benzene rings is 1. The highest BCUT2D eigenvalue weighted by Gasteiger charge is 2.26. The fourth-order valence-electron chi connectivity index (χ4n) is 2.53. The van der Waals surface area contributed by atoms with Crippen molar-refractivity contribution >= 4 is 33.0 Å². The second kappa shape index (κ2) is 5.54. The van der Waals surface area contributed by atoms with E-state index < -0.39 is 0 Å². The molecule has 21 heavy (non-hydrogen) atoms. The van der Waals surface area contributed by atoms with Crippen LogP contribution in [0.15, 0.2) is 18.2 Å². The summed E-state index contributed by atoms with van der Waals surface area (Å²) in [6.07, 6.45) is 0.0680. The van der Waals surface area contributed by atoms with E-state index in [-0.39, 0.29) is 12.0 Å². The van der Waals surface area contributed by atoms with Crippen LogP contribution in [0.2, 0.25) is 0 Å². The summed E-state index contributed by atoms with van der Waals surface area (Å²) in [5, 5.41) is 0.908.